The normalized spacial score (nSPS) is 18.1. The molecule has 1 saturated heterocycles. The van der Waals surface area contributed by atoms with Gasteiger partial charge in [0.2, 0.25) is 0 Å². The molecule has 108 valence electrons. The highest BCUT2D eigenvalue weighted by Crippen LogP contribution is 2.27. The van der Waals surface area contributed by atoms with Crippen LogP contribution in [0.1, 0.15) is 43.9 Å². The largest absolute Gasteiger partial charge is 0.324 e. The van der Waals surface area contributed by atoms with Gasteiger partial charge in [-0.15, -0.1) is 12.4 Å². The van der Waals surface area contributed by atoms with E-state index in [1.165, 1.54) is 18.4 Å². The van der Waals surface area contributed by atoms with Crippen LogP contribution >= 0.6 is 12.4 Å². The third kappa shape index (κ3) is 5.09. The van der Waals surface area contributed by atoms with Gasteiger partial charge in [0.05, 0.1) is 0 Å². The molecule has 0 aromatic carbocycles. The van der Waals surface area contributed by atoms with Crippen LogP contribution in [0.15, 0.2) is 18.3 Å². The van der Waals surface area contributed by atoms with E-state index in [0.717, 1.165) is 25.3 Å². The molecule has 1 aromatic heterocycles. The summed E-state index contributed by atoms with van der Waals surface area (Å²) in [5, 5.41) is 0. The first-order valence-electron chi connectivity index (χ1n) is 6.88. The van der Waals surface area contributed by atoms with E-state index in [9.17, 15) is 0 Å². The molecule has 0 amide bonds. The molecule has 4 heteroatoms. The topological polar surface area (TPSA) is 42.1 Å². The molecule has 0 bridgehead atoms. The van der Waals surface area contributed by atoms with Crippen molar-refractivity contribution in [2.45, 2.75) is 45.1 Å². The summed E-state index contributed by atoms with van der Waals surface area (Å²) in [4.78, 5) is 6.88. The maximum absolute atomic E-state index is 6.08. The molecular formula is C15H26ClN3. The molecule has 0 aliphatic carbocycles. The third-order valence-corrected chi connectivity index (χ3v) is 3.62. The van der Waals surface area contributed by atoms with E-state index >= 15 is 0 Å². The Morgan fingerprint density at radius 2 is 1.95 bits per heavy atom. The van der Waals surface area contributed by atoms with Crippen LogP contribution < -0.4 is 5.73 Å². The molecule has 0 radical (unpaired) electrons. The Morgan fingerprint density at radius 1 is 1.32 bits per heavy atom. The smallest absolute Gasteiger partial charge is 0.0372 e. The van der Waals surface area contributed by atoms with Crippen molar-refractivity contribution in [3.05, 3.63) is 29.6 Å². The summed E-state index contributed by atoms with van der Waals surface area (Å²) in [7, 11) is 0. The number of hydrogen-bond donors (Lipinski definition) is 1. The van der Waals surface area contributed by atoms with Gasteiger partial charge in [0.25, 0.3) is 0 Å². The molecule has 3 nitrogen and oxygen atoms in total. The standard InChI is InChI=1S/C15H25N3.ClH/c1-12-4-5-14(10-17-12)13-6-8-18(9-7-13)11-15(2,3)16;/h4-5,10,13H,6-9,11,16H2,1-3H3;1H. The summed E-state index contributed by atoms with van der Waals surface area (Å²) in [6.07, 6.45) is 4.49. The number of piperidine rings is 1. The third-order valence-electron chi connectivity index (χ3n) is 3.62. The van der Waals surface area contributed by atoms with E-state index in [-0.39, 0.29) is 17.9 Å². The van der Waals surface area contributed by atoms with Crippen LogP contribution in [0.5, 0.6) is 0 Å². The number of pyridine rings is 1. The van der Waals surface area contributed by atoms with Crippen LogP contribution in [-0.2, 0) is 0 Å². The first-order valence-corrected chi connectivity index (χ1v) is 6.88. The summed E-state index contributed by atoms with van der Waals surface area (Å²) >= 11 is 0. The van der Waals surface area contributed by atoms with Crippen molar-refractivity contribution in [3.8, 4) is 0 Å². The Bertz CT molecular complexity index is 375. The number of nitrogens with two attached hydrogens (primary N) is 1. The van der Waals surface area contributed by atoms with Crippen LogP contribution in [-0.4, -0.2) is 35.1 Å². The van der Waals surface area contributed by atoms with E-state index in [1.54, 1.807) is 0 Å². The van der Waals surface area contributed by atoms with Crippen LogP contribution in [0.3, 0.4) is 0 Å². The van der Waals surface area contributed by atoms with Crippen molar-refractivity contribution < 1.29 is 0 Å². The lowest BCUT2D eigenvalue weighted by atomic mass is 9.89. The van der Waals surface area contributed by atoms with Gasteiger partial charge in [-0.1, -0.05) is 6.07 Å². The Labute approximate surface area is 123 Å². The van der Waals surface area contributed by atoms with E-state index in [2.05, 4.69) is 35.9 Å². The van der Waals surface area contributed by atoms with Crippen molar-refractivity contribution in [1.82, 2.24) is 9.88 Å². The fraction of sp³-hybridized carbons (Fsp3) is 0.667. The molecular weight excluding hydrogens is 258 g/mol. The molecule has 0 saturated carbocycles. The Kier molecular flexibility index (Phi) is 5.78. The zero-order valence-electron chi connectivity index (χ0n) is 12.2. The molecule has 1 fully saturated rings. The molecule has 1 aliphatic rings. The van der Waals surface area contributed by atoms with Gasteiger partial charge in [0.1, 0.15) is 0 Å². The van der Waals surface area contributed by atoms with E-state index in [4.69, 9.17) is 5.73 Å². The van der Waals surface area contributed by atoms with Gasteiger partial charge in [-0.05, 0) is 64.3 Å². The van der Waals surface area contributed by atoms with Crippen molar-refractivity contribution in [3.63, 3.8) is 0 Å². The molecule has 2 rings (SSSR count). The molecule has 2 N–H and O–H groups in total. The number of likely N-dealkylation sites (tertiary alicyclic amines) is 1. The number of hydrogen-bond acceptors (Lipinski definition) is 3. The van der Waals surface area contributed by atoms with Gasteiger partial charge in [-0.25, -0.2) is 0 Å². The number of rotatable bonds is 3. The highest BCUT2D eigenvalue weighted by atomic mass is 35.5. The van der Waals surface area contributed by atoms with E-state index in [0.29, 0.717) is 5.92 Å². The lowest BCUT2D eigenvalue weighted by Gasteiger charge is -2.35. The van der Waals surface area contributed by atoms with Crippen molar-refractivity contribution in [1.29, 1.82) is 0 Å². The fourth-order valence-electron chi connectivity index (χ4n) is 2.72. The van der Waals surface area contributed by atoms with Crippen molar-refractivity contribution in [2.24, 2.45) is 5.73 Å². The summed E-state index contributed by atoms with van der Waals surface area (Å²) < 4.78 is 0. The summed E-state index contributed by atoms with van der Waals surface area (Å²) in [6, 6.07) is 4.35. The molecule has 0 unspecified atom stereocenters. The summed E-state index contributed by atoms with van der Waals surface area (Å²) in [5.41, 5.74) is 8.49. The lowest BCUT2D eigenvalue weighted by Crippen LogP contribution is -2.47. The van der Waals surface area contributed by atoms with Gasteiger partial charge >= 0.3 is 0 Å². The number of nitrogens with zero attached hydrogens (tertiary/aromatic N) is 2. The maximum atomic E-state index is 6.08. The average molecular weight is 284 g/mol. The zero-order valence-corrected chi connectivity index (χ0v) is 13.0. The first-order chi connectivity index (χ1) is 8.44. The minimum Gasteiger partial charge on any atom is -0.324 e. The van der Waals surface area contributed by atoms with Crippen molar-refractivity contribution >= 4 is 12.4 Å². The predicted molar refractivity (Wildman–Crippen MR) is 82.9 cm³/mol. The average Bonchev–Trinajstić information content (AvgIpc) is 2.29. The Morgan fingerprint density at radius 3 is 2.42 bits per heavy atom. The minimum absolute atomic E-state index is 0. The highest BCUT2D eigenvalue weighted by molar-refractivity contribution is 5.85. The van der Waals surface area contributed by atoms with Crippen LogP contribution in [0, 0.1) is 6.92 Å². The highest BCUT2D eigenvalue weighted by Gasteiger charge is 2.24. The molecule has 19 heavy (non-hydrogen) atoms. The minimum atomic E-state index is -0.0851. The zero-order chi connectivity index (χ0) is 13.2. The second-order valence-electron chi connectivity index (χ2n) is 6.27. The van der Waals surface area contributed by atoms with Gasteiger partial charge in [-0.3, -0.25) is 4.98 Å². The Hall–Kier alpha value is -0.640. The molecule has 0 atom stereocenters. The SMILES string of the molecule is Cc1ccc(C2CCN(CC(C)(C)N)CC2)cn1.Cl. The molecule has 0 spiro atoms. The maximum Gasteiger partial charge on any atom is 0.0372 e. The first kappa shape index (κ1) is 16.4. The van der Waals surface area contributed by atoms with Gasteiger partial charge in [0, 0.05) is 24.0 Å². The lowest BCUT2D eigenvalue weighted by molar-refractivity contribution is 0.179. The second kappa shape index (κ2) is 6.69. The van der Waals surface area contributed by atoms with Crippen LogP contribution in [0.25, 0.3) is 0 Å². The number of aryl methyl sites for hydroxylation is 1. The Balaban J connectivity index is 0.00000180. The van der Waals surface area contributed by atoms with Crippen LogP contribution in [0.2, 0.25) is 0 Å². The molecule has 2 heterocycles. The molecule has 1 aliphatic heterocycles. The van der Waals surface area contributed by atoms with E-state index < -0.39 is 0 Å². The van der Waals surface area contributed by atoms with Crippen molar-refractivity contribution in [2.75, 3.05) is 19.6 Å². The second-order valence-corrected chi connectivity index (χ2v) is 6.27. The van der Waals surface area contributed by atoms with Gasteiger partial charge < -0.3 is 10.6 Å². The predicted octanol–water partition coefficient (Wildman–Crippen LogP) is 2.73. The van der Waals surface area contributed by atoms with Gasteiger partial charge in [0.15, 0.2) is 0 Å². The fourth-order valence-corrected chi connectivity index (χ4v) is 2.72. The summed E-state index contributed by atoms with van der Waals surface area (Å²) in [6.45, 7) is 9.53. The van der Waals surface area contributed by atoms with Gasteiger partial charge in [-0.2, -0.15) is 0 Å². The molecule has 1 aromatic rings. The summed E-state index contributed by atoms with van der Waals surface area (Å²) in [5.74, 6) is 0.676. The quantitative estimate of drug-likeness (QED) is 0.927. The number of aromatic nitrogens is 1. The monoisotopic (exact) mass is 283 g/mol. The van der Waals surface area contributed by atoms with E-state index in [1.807, 2.05) is 13.1 Å². The number of halogens is 1. The van der Waals surface area contributed by atoms with Crippen LogP contribution in [0.4, 0.5) is 0 Å².